The predicted octanol–water partition coefficient (Wildman–Crippen LogP) is 2.60. The third kappa shape index (κ3) is 2.74. The fourth-order valence-electron chi connectivity index (χ4n) is 3.38. The van der Waals surface area contributed by atoms with Gasteiger partial charge >= 0.3 is 5.97 Å². The smallest absolute Gasteiger partial charge is 0.324 e. The van der Waals surface area contributed by atoms with Crippen LogP contribution in [0.2, 0.25) is 5.02 Å². The van der Waals surface area contributed by atoms with Crippen LogP contribution in [0.5, 0.6) is 0 Å². The molecule has 3 rings (SSSR count). The first-order chi connectivity index (χ1) is 9.99. The topological polar surface area (TPSA) is 66.6 Å². The number of aliphatic carboxylic acids is 1. The van der Waals surface area contributed by atoms with Crippen molar-refractivity contribution in [3.05, 3.63) is 28.3 Å². The lowest BCUT2D eigenvalue weighted by molar-refractivity contribution is -0.143. The van der Waals surface area contributed by atoms with Crippen LogP contribution in [0.15, 0.2) is 12.1 Å². The van der Waals surface area contributed by atoms with Gasteiger partial charge in [-0.1, -0.05) is 11.6 Å². The minimum Gasteiger partial charge on any atom is -0.480 e. The van der Waals surface area contributed by atoms with Crippen LogP contribution < -0.4 is 10.6 Å². The van der Waals surface area contributed by atoms with E-state index in [-0.39, 0.29) is 0 Å². The fourth-order valence-corrected chi connectivity index (χ4v) is 3.68. The number of carbonyl (C=O) groups is 1. The van der Waals surface area contributed by atoms with Crippen LogP contribution in [-0.4, -0.2) is 29.7 Å². The van der Waals surface area contributed by atoms with E-state index in [9.17, 15) is 9.90 Å². The van der Waals surface area contributed by atoms with Crippen molar-refractivity contribution in [1.29, 1.82) is 0 Å². The molecule has 0 amide bonds. The summed E-state index contributed by atoms with van der Waals surface area (Å²) in [5, 5.41) is 9.95. The van der Waals surface area contributed by atoms with Crippen LogP contribution in [0.4, 0.5) is 5.69 Å². The summed E-state index contributed by atoms with van der Waals surface area (Å²) < 4.78 is 0. The van der Waals surface area contributed by atoms with Crippen LogP contribution in [0.25, 0.3) is 0 Å². The number of nitrogens with zero attached hydrogens (tertiary/aromatic N) is 1. The van der Waals surface area contributed by atoms with Crippen LogP contribution in [0, 0.1) is 0 Å². The molecule has 0 aromatic heterocycles. The average Bonchev–Trinajstić information content (AvgIpc) is 2.48. The minimum absolute atomic E-state index is 0.316. The SMILES string of the molecule is NC1(C(=O)O)CCc2cc(N3CCCCC3)cc(Cl)c2C1. The highest BCUT2D eigenvalue weighted by Crippen LogP contribution is 2.36. The molecule has 5 heteroatoms. The Hall–Kier alpha value is -1.26. The first-order valence-electron chi connectivity index (χ1n) is 7.58. The van der Waals surface area contributed by atoms with Crippen LogP contribution in [-0.2, 0) is 17.6 Å². The van der Waals surface area contributed by atoms with Gasteiger partial charge < -0.3 is 15.7 Å². The lowest BCUT2D eigenvalue weighted by Gasteiger charge is -2.34. The molecule has 0 radical (unpaired) electrons. The Kier molecular flexibility index (Phi) is 3.84. The number of carboxylic acids is 1. The van der Waals surface area contributed by atoms with E-state index in [0.717, 1.165) is 24.2 Å². The minimum atomic E-state index is -1.18. The molecule has 1 aromatic carbocycles. The van der Waals surface area contributed by atoms with Gasteiger partial charge in [-0.05, 0) is 55.4 Å². The van der Waals surface area contributed by atoms with E-state index >= 15 is 0 Å². The zero-order chi connectivity index (χ0) is 15.0. The van der Waals surface area contributed by atoms with Crippen molar-refractivity contribution in [3.8, 4) is 0 Å². The standard InChI is InChI=1S/C16H21ClN2O2/c17-14-9-12(19-6-2-1-3-7-19)8-11-4-5-16(18,15(20)21)10-13(11)14/h8-9H,1-7,10,18H2,(H,20,21). The van der Waals surface area contributed by atoms with Gasteiger partial charge in [-0.15, -0.1) is 0 Å². The molecule has 21 heavy (non-hydrogen) atoms. The van der Waals surface area contributed by atoms with Crippen molar-refractivity contribution < 1.29 is 9.90 Å². The third-order valence-electron chi connectivity index (χ3n) is 4.75. The van der Waals surface area contributed by atoms with Crippen molar-refractivity contribution in [2.75, 3.05) is 18.0 Å². The summed E-state index contributed by atoms with van der Waals surface area (Å²) in [5.74, 6) is -0.940. The maximum absolute atomic E-state index is 11.3. The number of nitrogens with two attached hydrogens (primary N) is 1. The third-order valence-corrected chi connectivity index (χ3v) is 5.09. The second kappa shape index (κ2) is 5.50. The lowest BCUT2D eigenvalue weighted by Crippen LogP contribution is -2.52. The molecule has 2 aliphatic rings. The molecule has 1 aliphatic carbocycles. The highest BCUT2D eigenvalue weighted by atomic mass is 35.5. The Balaban J connectivity index is 1.91. The number of aryl methyl sites for hydroxylation is 1. The second-order valence-electron chi connectivity index (χ2n) is 6.25. The number of hydrogen-bond acceptors (Lipinski definition) is 3. The largest absolute Gasteiger partial charge is 0.480 e. The van der Waals surface area contributed by atoms with Gasteiger partial charge in [0, 0.05) is 30.2 Å². The first kappa shape index (κ1) is 14.7. The molecular weight excluding hydrogens is 288 g/mol. The zero-order valence-electron chi connectivity index (χ0n) is 12.1. The average molecular weight is 309 g/mol. The Morgan fingerprint density at radius 2 is 2.00 bits per heavy atom. The van der Waals surface area contributed by atoms with Crippen molar-refractivity contribution in [2.24, 2.45) is 5.73 Å². The highest BCUT2D eigenvalue weighted by molar-refractivity contribution is 6.31. The molecule has 1 aromatic rings. The molecule has 3 N–H and O–H groups in total. The normalized spacial score (nSPS) is 25.5. The van der Waals surface area contributed by atoms with Gasteiger partial charge in [0.15, 0.2) is 0 Å². The molecule has 1 fully saturated rings. The number of piperidine rings is 1. The Morgan fingerprint density at radius 3 is 2.67 bits per heavy atom. The molecule has 0 saturated carbocycles. The van der Waals surface area contributed by atoms with E-state index in [1.165, 1.54) is 24.9 Å². The molecule has 4 nitrogen and oxygen atoms in total. The van der Waals surface area contributed by atoms with E-state index in [1.807, 2.05) is 6.07 Å². The molecule has 114 valence electrons. The van der Waals surface area contributed by atoms with Crippen LogP contribution in [0.1, 0.15) is 36.8 Å². The summed E-state index contributed by atoms with van der Waals surface area (Å²) in [6.45, 7) is 2.15. The van der Waals surface area contributed by atoms with Gasteiger partial charge in [0.25, 0.3) is 0 Å². The number of carboxylic acid groups (broad SMARTS) is 1. The molecule has 1 heterocycles. The number of halogens is 1. The van der Waals surface area contributed by atoms with Crippen molar-refractivity contribution in [1.82, 2.24) is 0 Å². The molecule has 1 aliphatic heterocycles. The molecule has 1 atom stereocenters. The van der Waals surface area contributed by atoms with Gasteiger partial charge in [-0.3, -0.25) is 4.79 Å². The van der Waals surface area contributed by atoms with Gasteiger partial charge in [0.2, 0.25) is 0 Å². The Labute approximate surface area is 129 Å². The van der Waals surface area contributed by atoms with E-state index in [1.54, 1.807) is 0 Å². The summed E-state index contributed by atoms with van der Waals surface area (Å²) in [6, 6.07) is 4.15. The zero-order valence-corrected chi connectivity index (χ0v) is 12.8. The fraction of sp³-hybridized carbons (Fsp3) is 0.562. The number of rotatable bonds is 2. The maximum atomic E-state index is 11.3. The number of hydrogen-bond donors (Lipinski definition) is 2. The quantitative estimate of drug-likeness (QED) is 0.881. The van der Waals surface area contributed by atoms with Gasteiger partial charge in [-0.2, -0.15) is 0 Å². The first-order valence-corrected chi connectivity index (χ1v) is 7.96. The molecule has 0 spiro atoms. The second-order valence-corrected chi connectivity index (χ2v) is 6.66. The highest BCUT2D eigenvalue weighted by Gasteiger charge is 2.38. The van der Waals surface area contributed by atoms with E-state index < -0.39 is 11.5 Å². The summed E-state index contributed by atoms with van der Waals surface area (Å²) in [7, 11) is 0. The van der Waals surface area contributed by atoms with Crippen LogP contribution >= 0.6 is 11.6 Å². The maximum Gasteiger partial charge on any atom is 0.324 e. The van der Waals surface area contributed by atoms with E-state index in [2.05, 4.69) is 11.0 Å². The van der Waals surface area contributed by atoms with Crippen LogP contribution in [0.3, 0.4) is 0 Å². The Morgan fingerprint density at radius 1 is 1.29 bits per heavy atom. The lowest BCUT2D eigenvalue weighted by atomic mass is 9.78. The number of fused-ring (bicyclic) bond motifs is 1. The summed E-state index contributed by atoms with van der Waals surface area (Å²) >= 11 is 6.42. The summed E-state index contributed by atoms with van der Waals surface area (Å²) in [6.07, 6.45) is 5.20. The molecule has 0 bridgehead atoms. The van der Waals surface area contributed by atoms with Crippen molar-refractivity contribution in [2.45, 2.75) is 44.1 Å². The van der Waals surface area contributed by atoms with Crippen molar-refractivity contribution in [3.63, 3.8) is 0 Å². The summed E-state index contributed by atoms with van der Waals surface area (Å²) in [5.41, 5.74) is 8.05. The number of anilines is 1. The van der Waals surface area contributed by atoms with Gasteiger partial charge in [0.05, 0.1) is 0 Å². The van der Waals surface area contributed by atoms with E-state index in [4.69, 9.17) is 17.3 Å². The molecule has 1 unspecified atom stereocenters. The monoisotopic (exact) mass is 308 g/mol. The summed E-state index contributed by atoms with van der Waals surface area (Å²) in [4.78, 5) is 13.7. The Bertz CT molecular complexity index is 570. The number of benzene rings is 1. The predicted molar refractivity (Wildman–Crippen MR) is 84.1 cm³/mol. The molecular formula is C16H21ClN2O2. The van der Waals surface area contributed by atoms with E-state index in [0.29, 0.717) is 24.3 Å². The van der Waals surface area contributed by atoms with Gasteiger partial charge in [-0.25, -0.2) is 0 Å². The molecule has 1 saturated heterocycles. The van der Waals surface area contributed by atoms with Gasteiger partial charge in [0.1, 0.15) is 5.54 Å². The van der Waals surface area contributed by atoms with Crippen molar-refractivity contribution >= 4 is 23.3 Å².